The third-order valence-electron chi connectivity index (χ3n) is 5.88. The quantitative estimate of drug-likeness (QED) is 0.543. The van der Waals surface area contributed by atoms with Crippen molar-refractivity contribution in [2.45, 2.75) is 51.4 Å². The first kappa shape index (κ1) is 22.2. The molecular formula is C22H26N6O3S. The highest BCUT2D eigenvalue weighted by Gasteiger charge is 2.24. The summed E-state index contributed by atoms with van der Waals surface area (Å²) in [4.78, 5) is 12.8. The zero-order chi connectivity index (χ0) is 22.8. The molecule has 0 spiro atoms. The number of rotatable bonds is 7. The minimum absolute atomic E-state index is 0.0977. The standard InChI is InChI=1S/C22H26N6O3S/c1-13-14(2)28(11-16-6-5-8-31-16)20(18(13)10-23)24-19(29)12-32-22-26-25-21(27(22)4)17-7-9-30-15(17)3/h7,9,16H,5-6,8,11-12H2,1-4H3,(H,24,29)/t16-/m0/s1. The number of thioether (sulfide) groups is 1. The predicted molar refractivity (Wildman–Crippen MR) is 120 cm³/mol. The molecular weight excluding hydrogens is 428 g/mol. The molecule has 0 aliphatic carbocycles. The van der Waals surface area contributed by atoms with Crippen LogP contribution in [0.5, 0.6) is 0 Å². The average Bonchev–Trinajstić information content (AvgIpc) is 3.54. The number of nitrogens with zero attached hydrogens (tertiary/aromatic N) is 5. The van der Waals surface area contributed by atoms with Gasteiger partial charge in [0.25, 0.3) is 0 Å². The molecule has 1 atom stereocenters. The summed E-state index contributed by atoms with van der Waals surface area (Å²) in [5, 5.41) is 21.7. The largest absolute Gasteiger partial charge is 0.469 e. The van der Waals surface area contributed by atoms with Crippen LogP contribution in [0.4, 0.5) is 5.82 Å². The fraction of sp³-hybridized carbons (Fsp3) is 0.455. The van der Waals surface area contributed by atoms with E-state index in [1.165, 1.54) is 11.8 Å². The predicted octanol–water partition coefficient (Wildman–Crippen LogP) is 3.58. The van der Waals surface area contributed by atoms with Crippen LogP contribution in [0.25, 0.3) is 11.4 Å². The number of carbonyl (C=O) groups excluding carboxylic acids is 1. The Morgan fingerprint density at radius 3 is 2.84 bits per heavy atom. The summed E-state index contributed by atoms with van der Waals surface area (Å²) >= 11 is 1.29. The van der Waals surface area contributed by atoms with E-state index in [-0.39, 0.29) is 17.8 Å². The lowest BCUT2D eigenvalue weighted by Gasteiger charge is -2.16. The molecule has 1 aliphatic heterocycles. The molecule has 0 unspecified atom stereocenters. The molecule has 0 radical (unpaired) electrons. The number of hydrogen-bond donors (Lipinski definition) is 1. The average molecular weight is 455 g/mol. The zero-order valence-electron chi connectivity index (χ0n) is 18.6. The first-order valence-electron chi connectivity index (χ1n) is 10.5. The summed E-state index contributed by atoms with van der Waals surface area (Å²) in [6.07, 6.45) is 3.72. The Balaban J connectivity index is 1.48. The van der Waals surface area contributed by atoms with Crippen LogP contribution in [0.1, 0.15) is 35.4 Å². The first-order valence-corrected chi connectivity index (χ1v) is 11.5. The lowest BCUT2D eigenvalue weighted by atomic mass is 10.2. The molecule has 9 nitrogen and oxygen atoms in total. The van der Waals surface area contributed by atoms with E-state index in [9.17, 15) is 10.1 Å². The van der Waals surface area contributed by atoms with Gasteiger partial charge in [0.2, 0.25) is 5.91 Å². The van der Waals surface area contributed by atoms with Crippen LogP contribution in [-0.2, 0) is 23.1 Å². The second kappa shape index (κ2) is 9.22. The van der Waals surface area contributed by atoms with E-state index < -0.39 is 0 Å². The van der Waals surface area contributed by atoms with Crippen molar-refractivity contribution in [2.75, 3.05) is 17.7 Å². The van der Waals surface area contributed by atoms with Crippen molar-refractivity contribution in [2.24, 2.45) is 7.05 Å². The molecule has 4 rings (SSSR count). The number of nitriles is 1. The Hall–Kier alpha value is -3.03. The smallest absolute Gasteiger partial charge is 0.235 e. The third-order valence-corrected chi connectivity index (χ3v) is 6.90. The van der Waals surface area contributed by atoms with Crippen LogP contribution >= 0.6 is 11.8 Å². The Morgan fingerprint density at radius 1 is 1.38 bits per heavy atom. The van der Waals surface area contributed by atoms with Gasteiger partial charge in [0, 0.05) is 19.3 Å². The van der Waals surface area contributed by atoms with E-state index in [0.717, 1.165) is 42.0 Å². The number of nitrogens with one attached hydrogen (secondary N) is 1. The SMILES string of the molecule is Cc1occc1-c1nnc(SCC(=O)Nc2c(C#N)c(C)c(C)n2C[C@@H]2CCCO2)n1C. The van der Waals surface area contributed by atoms with Crippen LogP contribution in [0, 0.1) is 32.1 Å². The zero-order valence-corrected chi connectivity index (χ0v) is 19.5. The van der Waals surface area contributed by atoms with Gasteiger partial charge < -0.3 is 23.6 Å². The molecule has 1 N–H and O–H groups in total. The summed E-state index contributed by atoms with van der Waals surface area (Å²) < 4.78 is 15.0. The van der Waals surface area contributed by atoms with Crippen LogP contribution in [-0.4, -0.2) is 43.7 Å². The molecule has 32 heavy (non-hydrogen) atoms. The number of anilines is 1. The second-order valence-corrected chi connectivity index (χ2v) is 8.83. The van der Waals surface area contributed by atoms with Crippen molar-refractivity contribution in [3.8, 4) is 17.5 Å². The van der Waals surface area contributed by atoms with Gasteiger partial charge in [-0.25, -0.2) is 0 Å². The minimum Gasteiger partial charge on any atom is -0.469 e. The van der Waals surface area contributed by atoms with Crippen molar-refractivity contribution >= 4 is 23.5 Å². The molecule has 1 amide bonds. The molecule has 0 saturated carbocycles. The van der Waals surface area contributed by atoms with Gasteiger partial charge in [0.1, 0.15) is 17.6 Å². The number of hydrogen-bond acceptors (Lipinski definition) is 7. The first-order chi connectivity index (χ1) is 15.4. The van der Waals surface area contributed by atoms with Crippen LogP contribution in [0.15, 0.2) is 21.9 Å². The monoisotopic (exact) mass is 454 g/mol. The molecule has 0 bridgehead atoms. The van der Waals surface area contributed by atoms with Crippen molar-refractivity contribution in [3.63, 3.8) is 0 Å². The highest BCUT2D eigenvalue weighted by atomic mass is 32.2. The Labute approximate surface area is 190 Å². The van der Waals surface area contributed by atoms with Gasteiger partial charge in [-0.1, -0.05) is 11.8 Å². The maximum absolute atomic E-state index is 12.8. The highest BCUT2D eigenvalue weighted by molar-refractivity contribution is 7.99. The third kappa shape index (κ3) is 4.18. The highest BCUT2D eigenvalue weighted by Crippen LogP contribution is 2.29. The van der Waals surface area contributed by atoms with E-state index in [1.807, 2.05) is 43.0 Å². The lowest BCUT2D eigenvalue weighted by Crippen LogP contribution is -2.22. The summed E-state index contributed by atoms with van der Waals surface area (Å²) in [5.41, 5.74) is 3.21. The minimum atomic E-state index is -0.207. The van der Waals surface area contributed by atoms with E-state index >= 15 is 0 Å². The summed E-state index contributed by atoms with van der Waals surface area (Å²) in [6.45, 7) is 7.11. The van der Waals surface area contributed by atoms with E-state index in [2.05, 4.69) is 21.6 Å². The van der Waals surface area contributed by atoms with Crippen molar-refractivity contribution in [3.05, 3.63) is 34.9 Å². The topological polar surface area (TPSA) is 111 Å². The second-order valence-electron chi connectivity index (χ2n) is 7.88. The molecule has 1 saturated heterocycles. The number of aromatic nitrogens is 4. The van der Waals surface area contributed by atoms with Crippen LogP contribution < -0.4 is 5.32 Å². The van der Waals surface area contributed by atoms with Gasteiger partial charge in [0.05, 0.1) is 35.8 Å². The molecule has 3 aromatic heterocycles. The summed E-state index contributed by atoms with van der Waals surface area (Å²) in [6, 6.07) is 4.09. The number of ether oxygens (including phenoxy) is 1. The molecule has 3 aromatic rings. The maximum Gasteiger partial charge on any atom is 0.235 e. The van der Waals surface area contributed by atoms with Gasteiger partial charge in [-0.3, -0.25) is 4.79 Å². The number of carbonyl (C=O) groups is 1. The number of amides is 1. The number of furan rings is 1. The van der Waals surface area contributed by atoms with Gasteiger partial charge in [-0.15, -0.1) is 10.2 Å². The van der Waals surface area contributed by atoms with Crippen LogP contribution in [0.3, 0.4) is 0 Å². The summed E-state index contributed by atoms with van der Waals surface area (Å²) in [5.74, 6) is 1.92. The van der Waals surface area contributed by atoms with Gasteiger partial charge in [-0.05, 0) is 45.2 Å². The Morgan fingerprint density at radius 2 is 2.19 bits per heavy atom. The van der Waals surface area contributed by atoms with Crippen molar-refractivity contribution < 1.29 is 13.9 Å². The van der Waals surface area contributed by atoms with E-state index in [1.54, 1.807) is 6.26 Å². The summed E-state index contributed by atoms with van der Waals surface area (Å²) in [7, 11) is 1.86. The normalized spacial score (nSPS) is 15.8. The van der Waals surface area contributed by atoms with Crippen molar-refractivity contribution in [1.82, 2.24) is 19.3 Å². The Kier molecular flexibility index (Phi) is 6.39. The molecule has 10 heteroatoms. The Bertz CT molecular complexity index is 1180. The molecule has 1 fully saturated rings. The lowest BCUT2D eigenvalue weighted by molar-refractivity contribution is -0.113. The van der Waals surface area contributed by atoms with E-state index in [4.69, 9.17) is 9.15 Å². The molecule has 4 heterocycles. The number of aryl methyl sites for hydroxylation is 1. The molecule has 1 aliphatic rings. The fourth-order valence-corrected chi connectivity index (χ4v) is 4.65. The van der Waals surface area contributed by atoms with Crippen LogP contribution in [0.2, 0.25) is 0 Å². The van der Waals surface area contributed by atoms with Crippen molar-refractivity contribution in [1.29, 1.82) is 5.26 Å². The fourth-order valence-electron chi connectivity index (χ4n) is 3.94. The maximum atomic E-state index is 12.8. The molecule has 168 valence electrons. The van der Waals surface area contributed by atoms with Gasteiger partial charge in [-0.2, -0.15) is 5.26 Å². The van der Waals surface area contributed by atoms with Gasteiger partial charge >= 0.3 is 0 Å². The van der Waals surface area contributed by atoms with Gasteiger partial charge in [0.15, 0.2) is 11.0 Å². The van der Waals surface area contributed by atoms with E-state index in [0.29, 0.717) is 28.9 Å². The molecule has 0 aromatic carbocycles.